The smallest absolute Gasteiger partial charge is 0.253 e. The topological polar surface area (TPSA) is 83.6 Å². The number of amides is 1. The maximum Gasteiger partial charge on any atom is 0.253 e. The Balaban J connectivity index is 1.94. The van der Waals surface area contributed by atoms with Crippen LogP contribution in [-0.4, -0.2) is 26.3 Å². The number of H-pyrrole nitrogens is 1. The minimum absolute atomic E-state index is 0.175. The minimum Gasteiger partial charge on any atom is -0.346 e. The summed E-state index contributed by atoms with van der Waals surface area (Å²) in [5.41, 5.74) is 1.22. The van der Waals surface area contributed by atoms with Crippen LogP contribution < -0.4 is 5.32 Å². The lowest BCUT2D eigenvalue weighted by Crippen LogP contribution is -2.23. The Morgan fingerprint density at radius 3 is 3.07 bits per heavy atom. The lowest BCUT2D eigenvalue weighted by Gasteiger charge is -2.01. The number of aromatic nitrogens is 4. The number of hydrogen-bond donors (Lipinski definition) is 2. The second-order valence-electron chi connectivity index (χ2n) is 2.89. The van der Waals surface area contributed by atoms with Crippen molar-refractivity contribution in [2.75, 3.05) is 0 Å². The molecule has 1 amide bonds. The predicted molar refractivity (Wildman–Crippen MR) is 51.8 cm³/mol. The first-order valence-electron chi connectivity index (χ1n) is 4.39. The van der Waals surface area contributed by atoms with Crippen LogP contribution in [-0.2, 0) is 6.54 Å². The molecule has 0 aromatic carbocycles. The van der Waals surface area contributed by atoms with Crippen LogP contribution >= 0.6 is 0 Å². The van der Waals surface area contributed by atoms with Gasteiger partial charge in [-0.05, 0) is 12.1 Å². The van der Waals surface area contributed by atoms with Crippen molar-refractivity contribution in [3.63, 3.8) is 0 Å². The minimum atomic E-state index is -0.175. The number of nitrogens with zero attached hydrogens (tertiary/aromatic N) is 3. The Bertz CT molecular complexity index is 425. The van der Waals surface area contributed by atoms with E-state index in [1.54, 1.807) is 24.5 Å². The summed E-state index contributed by atoms with van der Waals surface area (Å²) in [6.45, 7) is 0.351. The van der Waals surface area contributed by atoms with Crippen molar-refractivity contribution in [2.45, 2.75) is 6.54 Å². The highest BCUT2D eigenvalue weighted by atomic mass is 16.1. The molecular formula is C9H9N5O. The van der Waals surface area contributed by atoms with Gasteiger partial charge >= 0.3 is 0 Å². The highest BCUT2D eigenvalue weighted by Crippen LogP contribution is 1.96. The van der Waals surface area contributed by atoms with Crippen molar-refractivity contribution in [2.24, 2.45) is 0 Å². The number of aromatic amines is 1. The van der Waals surface area contributed by atoms with Gasteiger partial charge < -0.3 is 5.32 Å². The molecule has 0 atom stereocenters. The number of carbonyl (C=O) groups is 1. The summed E-state index contributed by atoms with van der Waals surface area (Å²) < 4.78 is 0. The zero-order valence-electron chi connectivity index (χ0n) is 7.84. The van der Waals surface area contributed by atoms with Crippen molar-refractivity contribution in [1.29, 1.82) is 0 Å². The molecule has 0 spiro atoms. The number of pyridine rings is 1. The molecule has 2 N–H and O–H groups in total. The first-order valence-corrected chi connectivity index (χ1v) is 4.39. The summed E-state index contributed by atoms with van der Waals surface area (Å²) in [6, 6.07) is 3.41. The van der Waals surface area contributed by atoms with Crippen molar-refractivity contribution < 1.29 is 4.79 Å². The van der Waals surface area contributed by atoms with E-state index in [4.69, 9.17) is 0 Å². The molecular weight excluding hydrogens is 194 g/mol. The summed E-state index contributed by atoms with van der Waals surface area (Å²) >= 11 is 0. The van der Waals surface area contributed by atoms with Gasteiger partial charge in [0.25, 0.3) is 5.91 Å². The maximum atomic E-state index is 11.5. The number of rotatable bonds is 3. The molecule has 0 saturated carbocycles. The summed E-state index contributed by atoms with van der Waals surface area (Å²) in [6.07, 6.45) is 4.69. The highest BCUT2D eigenvalue weighted by molar-refractivity contribution is 5.93. The third-order valence-corrected chi connectivity index (χ3v) is 1.82. The van der Waals surface area contributed by atoms with Crippen LogP contribution in [0, 0.1) is 0 Å². The largest absolute Gasteiger partial charge is 0.346 e. The van der Waals surface area contributed by atoms with Crippen LogP contribution in [0.15, 0.2) is 30.7 Å². The van der Waals surface area contributed by atoms with Crippen LogP contribution in [0.25, 0.3) is 0 Å². The van der Waals surface area contributed by atoms with Gasteiger partial charge in [0.15, 0.2) is 0 Å². The molecule has 2 rings (SSSR count). The van der Waals surface area contributed by atoms with E-state index in [2.05, 4.69) is 25.7 Å². The van der Waals surface area contributed by atoms with Gasteiger partial charge in [-0.15, -0.1) is 0 Å². The Kier molecular flexibility index (Phi) is 2.68. The van der Waals surface area contributed by atoms with Gasteiger partial charge in [0, 0.05) is 12.4 Å². The highest BCUT2D eigenvalue weighted by Gasteiger charge is 2.04. The van der Waals surface area contributed by atoms with Crippen molar-refractivity contribution >= 4 is 5.91 Å². The summed E-state index contributed by atoms with van der Waals surface area (Å²) in [5.74, 6) is -0.175. The molecule has 0 radical (unpaired) electrons. The number of hydrogen-bond acceptors (Lipinski definition) is 4. The average Bonchev–Trinajstić information content (AvgIpc) is 2.80. The van der Waals surface area contributed by atoms with Crippen molar-refractivity contribution in [1.82, 2.24) is 25.7 Å². The van der Waals surface area contributed by atoms with E-state index in [0.717, 1.165) is 0 Å². The molecule has 0 unspecified atom stereocenters. The molecule has 2 heterocycles. The quantitative estimate of drug-likeness (QED) is 0.742. The Hall–Kier alpha value is -2.24. The Morgan fingerprint density at radius 2 is 2.40 bits per heavy atom. The molecule has 6 heteroatoms. The second kappa shape index (κ2) is 4.32. The lowest BCUT2D eigenvalue weighted by molar-refractivity contribution is 0.0950. The van der Waals surface area contributed by atoms with E-state index in [9.17, 15) is 4.79 Å². The van der Waals surface area contributed by atoms with Gasteiger partial charge in [-0.3, -0.25) is 9.78 Å². The van der Waals surface area contributed by atoms with Crippen LogP contribution in [0.4, 0.5) is 0 Å². The van der Waals surface area contributed by atoms with Gasteiger partial charge in [0.1, 0.15) is 5.69 Å². The SMILES string of the molecule is O=C(NCc1cn[nH]n1)c1cccnc1. The van der Waals surface area contributed by atoms with E-state index < -0.39 is 0 Å². The average molecular weight is 203 g/mol. The number of carbonyl (C=O) groups excluding carboxylic acids is 1. The van der Waals surface area contributed by atoms with Crippen molar-refractivity contribution in [3.05, 3.63) is 42.0 Å². The Morgan fingerprint density at radius 1 is 1.47 bits per heavy atom. The van der Waals surface area contributed by atoms with E-state index in [1.807, 2.05) is 0 Å². The van der Waals surface area contributed by atoms with Crippen LogP contribution in [0.1, 0.15) is 16.1 Å². The lowest BCUT2D eigenvalue weighted by atomic mass is 10.2. The van der Waals surface area contributed by atoms with Crippen LogP contribution in [0.5, 0.6) is 0 Å². The van der Waals surface area contributed by atoms with Crippen LogP contribution in [0.2, 0.25) is 0 Å². The van der Waals surface area contributed by atoms with Gasteiger partial charge in [0.2, 0.25) is 0 Å². The summed E-state index contributed by atoms with van der Waals surface area (Å²) in [7, 11) is 0. The third-order valence-electron chi connectivity index (χ3n) is 1.82. The van der Waals surface area contributed by atoms with E-state index in [-0.39, 0.29) is 5.91 Å². The van der Waals surface area contributed by atoms with Gasteiger partial charge in [-0.1, -0.05) is 0 Å². The first kappa shape index (κ1) is 9.32. The molecule has 2 aromatic heterocycles. The summed E-state index contributed by atoms with van der Waals surface area (Å²) in [5, 5.41) is 12.6. The third kappa shape index (κ3) is 2.37. The molecule has 15 heavy (non-hydrogen) atoms. The monoisotopic (exact) mass is 203 g/mol. The zero-order valence-corrected chi connectivity index (χ0v) is 7.84. The molecule has 0 aliphatic heterocycles. The van der Waals surface area contributed by atoms with Gasteiger partial charge in [-0.2, -0.15) is 15.4 Å². The maximum absolute atomic E-state index is 11.5. The molecule has 0 aliphatic rings. The molecule has 2 aromatic rings. The predicted octanol–water partition coefficient (Wildman–Crippen LogP) is 0.130. The molecule has 0 aliphatic carbocycles. The summed E-state index contributed by atoms with van der Waals surface area (Å²) in [4.78, 5) is 15.4. The normalized spacial score (nSPS) is 9.87. The molecule has 0 saturated heterocycles. The molecule has 0 bridgehead atoms. The van der Waals surface area contributed by atoms with Crippen LogP contribution in [0.3, 0.4) is 0 Å². The fourth-order valence-electron chi connectivity index (χ4n) is 1.08. The molecule has 76 valence electrons. The van der Waals surface area contributed by atoms with E-state index >= 15 is 0 Å². The second-order valence-corrected chi connectivity index (χ2v) is 2.89. The van der Waals surface area contributed by atoms with Gasteiger partial charge in [0.05, 0.1) is 18.3 Å². The van der Waals surface area contributed by atoms with Crippen molar-refractivity contribution in [3.8, 4) is 0 Å². The molecule has 0 fully saturated rings. The van der Waals surface area contributed by atoms with E-state index in [1.165, 1.54) is 6.20 Å². The van der Waals surface area contributed by atoms with E-state index in [0.29, 0.717) is 17.8 Å². The Labute approximate surface area is 85.7 Å². The van der Waals surface area contributed by atoms with Gasteiger partial charge in [-0.25, -0.2) is 0 Å². The fourth-order valence-corrected chi connectivity index (χ4v) is 1.08. The first-order chi connectivity index (χ1) is 7.36. The standard InChI is InChI=1S/C9H9N5O/c15-9(7-2-1-3-10-4-7)11-5-8-6-12-14-13-8/h1-4,6H,5H2,(H,11,15)(H,12,13,14). The molecule has 6 nitrogen and oxygen atoms in total. The number of nitrogens with one attached hydrogen (secondary N) is 2. The zero-order chi connectivity index (χ0) is 10.5. The fraction of sp³-hybridized carbons (Fsp3) is 0.111.